The zero-order chi connectivity index (χ0) is 23.8. The van der Waals surface area contributed by atoms with E-state index in [9.17, 15) is 0 Å². The van der Waals surface area contributed by atoms with E-state index in [0.29, 0.717) is 0 Å². The fourth-order valence-electron chi connectivity index (χ4n) is 4.01. The molecule has 0 aliphatic heterocycles. The molecule has 180 valence electrons. The van der Waals surface area contributed by atoms with Crippen molar-refractivity contribution in [2.45, 2.75) is 20.3 Å². The molecule has 0 amide bonds. The van der Waals surface area contributed by atoms with Crippen LogP contribution in [0.1, 0.15) is 28.7 Å². The van der Waals surface area contributed by atoms with Gasteiger partial charge in [-0.15, -0.1) is 46.2 Å². The summed E-state index contributed by atoms with van der Waals surface area (Å²) in [5.41, 5.74) is 5.35. The number of fused-ring (bicyclic) bond motifs is 3. The topological polar surface area (TPSA) is 0 Å². The Hall–Kier alpha value is -2.44. The maximum Gasteiger partial charge on any atom is -0.0771 e. The van der Waals surface area contributed by atoms with E-state index >= 15 is 0 Å². The summed E-state index contributed by atoms with van der Waals surface area (Å²) in [5, 5.41) is 5.39. The predicted octanol–water partition coefficient (Wildman–Crippen LogP) is 2.44. The monoisotopic (exact) mass is 584 g/mol. The Morgan fingerprint density at radius 3 is 1.58 bits per heavy atom. The second-order valence-electron chi connectivity index (χ2n) is 8.44. The van der Waals surface area contributed by atoms with Crippen LogP contribution in [0.2, 0.25) is 0 Å². The standard InChI is InChI=1S/C15H14.C13H9.C5H5.2ClH.Zr/c1-12-5-3-7-14(9-12)11-15-8-4-6-13(2)10-15;1-3-7-12-10(5-1)9-11-6-2-4-8-13(11)12;1-2-4-5-3-1;;;/h3-10H,1-2H3;1-9H;1-3H,4H2;2*1H;/q;2*-1;;;+2/p-2. The van der Waals surface area contributed by atoms with Gasteiger partial charge in [-0.2, -0.15) is 6.08 Å². The molecule has 0 radical (unpaired) electrons. The molecule has 0 nitrogen and oxygen atoms in total. The predicted molar refractivity (Wildman–Crippen MR) is 144 cm³/mol. The van der Waals surface area contributed by atoms with E-state index in [0.717, 1.165) is 6.42 Å². The van der Waals surface area contributed by atoms with Crippen LogP contribution in [0.5, 0.6) is 0 Å². The van der Waals surface area contributed by atoms with Crippen molar-refractivity contribution in [1.29, 1.82) is 0 Å². The number of benzene rings is 4. The molecule has 0 bridgehead atoms. The zero-order valence-electron chi connectivity index (χ0n) is 20.5. The molecule has 6 rings (SSSR count). The van der Waals surface area contributed by atoms with Crippen LogP contribution in [0.3, 0.4) is 0 Å². The van der Waals surface area contributed by atoms with Gasteiger partial charge in [0.2, 0.25) is 0 Å². The molecule has 0 spiro atoms. The van der Waals surface area contributed by atoms with Crippen LogP contribution < -0.4 is 24.8 Å². The Bertz CT molecular complexity index is 1370. The molecular formula is C33H28Cl2Zr-2. The molecule has 0 atom stereocenters. The van der Waals surface area contributed by atoms with Gasteiger partial charge in [-0.25, -0.2) is 12.2 Å². The average molecular weight is 587 g/mol. The number of hydrogen-bond donors (Lipinski definition) is 0. The van der Waals surface area contributed by atoms with Gasteiger partial charge in [0.1, 0.15) is 0 Å². The van der Waals surface area contributed by atoms with E-state index in [4.69, 9.17) is 0 Å². The van der Waals surface area contributed by atoms with Gasteiger partial charge < -0.3 is 24.8 Å². The van der Waals surface area contributed by atoms with E-state index in [1.165, 1.54) is 71.2 Å². The van der Waals surface area contributed by atoms with E-state index in [1.807, 2.05) is 12.2 Å². The van der Waals surface area contributed by atoms with Gasteiger partial charge in [0.25, 0.3) is 0 Å². The molecule has 5 aromatic carbocycles. The minimum atomic E-state index is 0. The number of rotatable bonds is 2. The molecule has 3 heteroatoms. The summed E-state index contributed by atoms with van der Waals surface area (Å²) in [6, 6.07) is 36.7. The Balaban J connectivity index is 0.000000205. The first-order valence-electron chi connectivity index (χ1n) is 11.6. The van der Waals surface area contributed by atoms with Gasteiger partial charge in [-0.1, -0.05) is 36.4 Å². The van der Waals surface area contributed by atoms with Crippen LogP contribution in [0.4, 0.5) is 0 Å². The van der Waals surface area contributed by atoms with Crippen molar-refractivity contribution in [3.8, 4) is 0 Å². The minimum Gasteiger partial charge on any atom is -1.00 e. The Labute approximate surface area is 242 Å². The molecule has 0 fully saturated rings. The molecule has 0 aromatic heterocycles. The number of allylic oxidation sites excluding steroid dienone is 4. The molecular weight excluding hydrogens is 558 g/mol. The van der Waals surface area contributed by atoms with E-state index in [1.54, 1.807) is 0 Å². The first kappa shape index (κ1) is 29.8. The maximum atomic E-state index is 2.99. The second-order valence-corrected chi connectivity index (χ2v) is 9.66. The zero-order valence-corrected chi connectivity index (χ0v) is 24.5. The molecule has 0 N–H and O–H groups in total. The fraction of sp³-hybridized carbons (Fsp3) is 0.0909. The van der Waals surface area contributed by atoms with Crippen molar-refractivity contribution in [1.82, 2.24) is 0 Å². The quantitative estimate of drug-likeness (QED) is 0.279. The first-order chi connectivity index (χ1) is 16.6. The Kier molecular flexibility index (Phi) is 12.4. The minimum absolute atomic E-state index is 0. The smallest absolute Gasteiger partial charge is 0.0771 e. The third-order valence-corrected chi connectivity index (χ3v) is 7.14. The maximum absolute atomic E-state index is 2.99. The third-order valence-electron chi connectivity index (χ3n) is 5.72. The fourth-order valence-corrected chi connectivity index (χ4v) is 4.78. The van der Waals surface area contributed by atoms with Crippen LogP contribution in [0.25, 0.3) is 21.5 Å². The average Bonchev–Trinajstić information content (AvgIpc) is 3.56. The largest absolute Gasteiger partial charge is 1.00 e. The van der Waals surface area contributed by atoms with Gasteiger partial charge in [0.05, 0.1) is 0 Å². The molecule has 0 unspecified atom stereocenters. The summed E-state index contributed by atoms with van der Waals surface area (Å²) in [7, 11) is 0. The molecule has 1 aliphatic carbocycles. The second kappa shape index (κ2) is 15.0. The van der Waals surface area contributed by atoms with Gasteiger partial charge in [-0.3, -0.25) is 6.08 Å². The van der Waals surface area contributed by atoms with Gasteiger partial charge in [0, 0.05) is 0 Å². The van der Waals surface area contributed by atoms with Crippen molar-refractivity contribution >= 4 is 24.8 Å². The van der Waals surface area contributed by atoms with Crippen molar-refractivity contribution in [3.63, 3.8) is 0 Å². The van der Waals surface area contributed by atoms with Crippen molar-refractivity contribution < 1.29 is 49.0 Å². The molecule has 1 aliphatic rings. The number of halogens is 2. The van der Waals surface area contributed by atoms with Crippen molar-refractivity contribution in [2.75, 3.05) is 0 Å². The molecule has 0 heterocycles. The molecule has 0 saturated heterocycles. The van der Waals surface area contributed by atoms with Crippen LogP contribution in [-0.2, 0) is 24.2 Å². The number of hydrogen-bond acceptors (Lipinski definition) is 0. The summed E-state index contributed by atoms with van der Waals surface area (Å²) in [4.78, 5) is 0. The van der Waals surface area contributed by atoms with Crippen LogP contribution in [0.15, 0.2) is 121 Å². The van der Waals surface area contributed by atoms with Gasteiger partial charge in [0.15, 0.2) is 0 Å². The van der Waals surface area contributed by atoms with Crippen LogP contribution in [0, 0.1) is 19.9 Å². The Morgan fingerprint density at radius 2 is 1.19 bits per heavy atom. The molecule has 36 heavy (non-hydrogen) atoms. The summed E-state index contributed by atoms with van der Waals surface area (Å²) in [6.07, 6.45) is 10.0. The van der Waals surface area contributed by atoms with Crippen LogP contribution >= 0.6 is 0 Å². The SMILES string of the molecule is Cc1cccc([C](=[Zr+2])c2cccc(C)c2)c1.[C-]1=CC=CC1.[Cl-].[Cl-].c1ccc2c(c1)[cH-]c1ccccc12. The van der Waals surface area contributed by atoms with E-state index in [-0.39, 0.29) is 24.8 Å². The van der Waals surface area contributed by atoms with Crippen LogP contribution in [-0.4, -0.2) is 3.21 Å². The summed E-state index contributed by atoms with van der Waals surface area (Å²) in [5.74, 6) is 0. The first-order valence-corrected chi connectivity index (χ1v) is 12.8. The van der Waals surface area contributed by atoms with Gasteiger partial charge >= 0.3 is 112 Å². The third kappa shape index (κ3) is 8.04. The molecule has 5 aromatic rings. The van der Waals surface area contributed by atoms with Crippen molar-refractivity contribution in [3.05, 3.63) is 150 Å². The Morgan fingerprint density at radius 1 is 0.694 bits per heavy atom. The van der Waals surface area contributed by atoms with Crippen molar-refractivity contribution in [2.24, 2.45) is 0 Å². The normalized spacial score (nSPS) is 11.0. The molecule has 0 saturated carbocycles. The number of aryl methyl sites for hydroxylation is 2. The van der Waals surface area contributed by atoms with Gasteiger partial charge in [-0.05, 0) is 0 Å². The van der Waals surface area contributed by atoms with E-state index < -0.39 is 0 Å². The summed E-state index contributed by atoms with van der Waals surface area (Å²) in [6.45, 7) is 4.28. The van der Waals surface area contributed by atoms with E-state index in [2.05, 4.69) is 129 Å². The summed E-state index contributed by atoms with van der Waals surface area (Å²) >= 11 is 1.47. The summed E-state index contributed by atoms with van der Waals surface area (Å²) < 4.78 is 1.43.